The fraction of sp³-hybridized carbons (Fsp3) is 0.462. The first-order valence-corrected chi connectivity index (χ1v) is 5.71. The monoisotopic (exact) mass is 278 g/mol. The van der Waals surface area contributed by atoms with Crippen LogP contribution in [0.25, 0.3) is 0 Å². The molecule has 0 saturated heterocycles. The van der Waals surface area contributed by atoms with Crippen molar-refractivity contribution in [1.29, 1.82) is 0 Å². The molecule has 0 amide bonds. The fourth-order valence-electron chi connectivity index (χ4n) is 1.38. The SMILES string of the molecule is CC(C)COC(=O)Cc1ccc(C(F)(F)F)c(F)c1. The number of esters is 1. The number of benzene rings is 1. The first-order chi connectivity index (χ1) is 8.70. The molecule has 0 aliphatic carbocycles. The average Bonchev–Trinajstić information content (AvgIpc) is 2.24. The zero-order chi connectivity index (χ0) is 14.6. The molecule has 0 atom stereocenters. The Kier molecular flexibility index (Phi) is 4.91. The molecule has 0 aliphatic heterocycles. The van der Waals surface area contributed by atoms with E-state index in [-0.39, 0.29) is 24.5 Å². The van der Waals surface area contributed by atoms with E-state index in [0.717, 1.165) is 6.07 Å². The molecular formula is C13H14F4O2. The largest absolute Gasteiger partial charge is 0.465 e. The molecule has 2 nitrogen and oxygen atoms in total. The van der Waals surface area contributed by atoms with Crippen LogP contribution in [0.2, 0.25) is 0 Å². The van der Waals surface area contributed by atoms with Crippen molar-refractivity contribution in [2.75, 3.05) is 6.61 Å². The molecule has 0 aromatic heterocycles. The standard InChI is InChI=1S/C13H14F4O2/c1-8(2)7-19-12(18)6-9-3-4-10(11(14)5-9)13(15,16)17/h3-5,8H,6-7H2,1-2H3. The van der Waals surface area contributed by atoms with E-state index < -0.39 is 23.5 Å². The van der Waals surface area contributed by atoms with Gasteiger partial charge < -0.3 is 4.74 Å². The van der Waals surface area contributed by atoms with Gasteiger partial charge in [-0.15, -0.1) is 0 Å². The first-order valence-electron chi connectivity index (χ1n) is 5.71. The molecule has 0 radical (unpaired) electrons. The number of hydrogen-bond acceptors (Lipinski definition) is 2. The predicted molar refractivity (Wildman–Crippen MR) is 60.9 cm³/mol. The van der Waals surface area contributed by atoms with Gasteiger partial charge in [-0.3, -0.25) is 4.79 Å². The third-order valence-corrected chi connectivity index (χ3v) is 2.27. The second-order valence-electron chi connectivity index (χ2n) is 4.57. The lowest BCUT2D eigenvalue weighted by atomic mass is 10.1. The summed E-state index contributed by atoms with van der Waals surface area (Å²) in [6, 6.07) is 2.41. The highest BCUT2D eigenvalue weighted by atomic mass is 19.4. The van der Waals surface area contributed by atoms with Crippen LogP contribution in [0.5, 0.6) is 0 Å². The van der Waals surface area contributed by atoms with Gasteiger partial charge in [-0.1, -0.05) is 19.9 Å². The molecule has 0 unspecified atom stereocenters. The summed E-state index contributed by atoms with van der Waals surface area (Å²) in [5.41, 5.74) is -1.19. The minimum atomic E-state index is -4.74. The highest BCUT2D eigenvalue weighted by Crippen LogP contribution is 2.31. The maximum Gasteiger partial charge on any atom is 0.419 e. The maximum absolute atomic E-state index is 13.2. The number of alkyl halides is 3. The maximum atomic E-state index is 13.2. The van der Waals surface area contributed by atoms with Gasteiger partial charge >= 0.3 is 12.1 Å². The normalized spacial score (nSPS) is 11.7. The summed E-state index contributed by atoms with van der Waals surface area (Å²) >= 11 is 0. The Balaban J connectivity index is 2.71. The number of hydrogen-bond donors (Lipinski definition) is 0. The molecule has 0 N–H and O–H groups in total. The summed E-state index contributed by atoms with van der Waals surface area (Å²) in [4.78, 5) is 11.3. The second-order valence-corrected chi connectivity index (χ2v) is 4.57. The van der Waals surface area contributed by atoms with E-state index in [0.29, 0.717) is 12.1 Å². The lowest BCUT2D eigenvalue weighted by Gasteiger charge is -2.10. The summed E-state index contributed by atoms with van der Waals surface area (Å²) < 4.78 is 55.1. The molecule has 0 fully saturated rings. The van der Waals surface area contributed by atoms with Gasteiger partial charge in [-0.2, -0.15) is 13.2 Å². The molecule has 0 aliphatic rings. The number of carbonyl (C=O) groups excluding carboxylic acids is 1. The zero-order valence-corrected chi connectivity index (χ0v) is 10.6. The van der Waals surface area contributed by atoms with E-state index in [9.17, 15) is 22.4 Å². The van der Waals surface area contributed by atoms with Crippen LogP contribution in [0.4, 0.5) is 17.6 Å². The van der Waals surface area contributed by atoms with Crippen molar-refractivity contribution in [2.24, 2.45) is 5.92 Å². The smallest absolute Gasteiger partial charge is 0.419 e. The van der Waals surface area contributed by atoms with Gasteiger partial charge in [0.15, 0.2) is 0 Å². The quantitative estimate of drug-likeness (QED) is 0.621. The number of halogens is 4. The number of carbonyl (C=O) groups is 1. The highest BCUT2D eigenvalue weighted by molar-refractivity contribution is 5.72. The summed E-state index contributed by atoms with van der Waals surface area (Å²) in [6.07, 6.45) is -4.98. The predicted octanol–water partition coefficient (Wildman–Crippen LogP) is 3.59. The van der Waals surface area contributed by atoms with Gasteiger partial charge in [0.05, 0.1) is 18.6 Å². The van der Waals surface area contributed by atoms with E-state index in [1.165, 1.54) is 0 Å². The Morgan fingerprint density at radius 1 is 1.32 bits per heavy atom. The summed E-state index contributed by atoms with van der Waals surface area (Å²) in [7, 11) is 0. The van der Waals surface area contributed by atoms with Crippen LogP contribution in [-0.2, 0) is 22.1 Å². The van der Waals surface area contributed by atoms with Crippen LogP contribution in [0.15, 0.2) is 18.2 Å². The van der Waals surface area contributed by atoms with Crippen LogP contribution in [0, 0.1) is 11.7 Å². The topological polar surface area (TPSA) is 26.3 Å². The van der Waals surface area contributed by atoms with Gasteiger partial charge in [-0.25, -0.2) is 4.39 Å². The Morgan fingerprint density at radius 3 is 2.42 bits per heavy atom. The second kappa shape index (κ2) is 6.04. The Morgan fingerprint density at radius 2 is 1.95 bits per heavy atom. The van der Waals surface area contributed by atoms with E-state index in [1.54, 1.807) is 0 Å². The molecular weight excluding hydrogens is 264 g/mol. The lowest BCUT2D eigenvalue weighted by Crippen LogP contribution is -2.13. The first kappa shape index (κ1) is 15.5. The molecule has 0 bridgehead atoms. The fourth-order valence-corrected chi connectivity index (χ4v) is 1.38. The Bertz CT molecular complexity index is 452. The summed E-state index contributed by atoms with van der Waals surface area (Å²) in [6.45, 7) is 3.93. The van der Waals surface area contributed by atoms with Gasteiger partial charge in [0, 0.05) is 0 Å². The van der Waals surface area contributed by atoms with Crippen LogP contribution >= 0.6 is 0 Å². The van der Waals surface area contributed by atoms with Crippen molar-refractivity contribution in [3.63, 3.8) is 0 Å². The van der Waals surface area contributed by atoms with Crippen molar-refractivity contribution >= 4 is 5.97 Å². The molecule has 0 spiro atoms. The highest BCUT2D eigenvalue weighted by Gasteiger charge is 2.33. The van der Waals surface area contributed by atoms with E-state index in [4.69, 9.17) is 4.74 Å². The molecule has 106 valence electrons. The van der Waals surface area contributed by atoms with Crippen LogP contribution in [-0.4, -0.2) is 12.6 Å². The minimum absolute atomic E-state index is 0.152. The van der Waals surface area contributed by atoms with Crippen molar-refractivity contribution in [2.45, 2.75) is 26.4 Å². The zero-order valence-electron chi connectivity index (χ0n) is 10.6. The Hall–Kier alpha value is -1.59. The van der Waals surface area contributed by atoms with Crippen LogP contribution in [0.1, 0.15) is 25.0 Å². The number of rotatable bonds is 4. The van der Waals surface area contributed by atoms with E-state index >= 15 is 0 Å². The average molecular weight is 278 g/mol. The molecule has 1 aromatic carbocycles. The van der Waals surface area contributed by atoms with Crippen molar-refractivity contribution in [3.8, 4) is 0 Å². The lowest BCUT2D eigenvalue weighted by molar-refractivity contribution is -0.143. The van der Waals surface area contributed by atoms with Gasteiger partial charge in [0.1, 0.15) is 5.82 Å². The molecule has 0 heterocycles. The summed E-state index contributed by atoms with van der Waals surface area (Å²) in [5, 5.41) is 0. The van der Waals surface area contributed by atoms with E-state index in [1.807, 2.05) is 13.8 Å². The van der Waals surface area contributed by atoms with Crippen molar-refractivity contribution < 1.29 is 27.1 Å². The van der Waals surface area contributed by atoms with Crippen molar-refractivity contribution in [3.05, 3.63) is 35.1 Å². The van der Waals surface area contributed by atoms with Gasteiger partial charge in [-0.05, 0) is 23.6 Å². The van der Waals surface area contributed by atoms with Crippen LogP contribution < -0.4 is 0 Å². The van der Waals surface area contributed by atoms with Crippen molar-refractivity contribution in [1.82, 2.24) is 0 Å². The van der Waals surface area contributed by atoms with E-state index in [2.05, 4.69) is 0 Å². The third kappa shape index (κ3) is 4.89. The van der Waals surface area contributed by atoms with Crippen LogP contribution in [0.3, 0.4) is 0 Å². The molecule has 1 rings (SSSR count). The molecule has 0 saturated carbocycles. The minimum Gasteiger partial charge on any atom is -0.465 e. The Labute approximate surface area is 108 Å². The summed E-state index contributed by atoms with van der Waals surface area (Å²) in [5.74, 6) is -1.82. The van der Waals surface area contributed by atoms with Gasteiger partial charge in [0.25, 0.3) is 0 Å². The molecule has 6 heteroatoms. The number of ether oxygens (including phenoxy) is 1. The molecule has 1 aromatic rings. The van der Waals surface area contributed by atoms with Gasteiger partial charge in [0.2, 0.25) is 0 Å². The molecule has 19 heavy (non-hydrogen) atoms. The third-order valence-electron chi connectivity index (χ3n) is 2.27.